The van der Waals surface area contributed by atoms with Crippen molar-refractivity contribution in [2.75, 3.05) is 0 Å². The predicted octanol–water partition coefficient (Wildman–Crippen LogP) is 3.07. The average molecular weight is 219 g/mol. The van der Waals surface area contributed by atoms with E-state index in [9.17, 15) is 0 Å². The second-order valence-corrected chi connectivity index (χ2v) is 5.81. The maximum absolute atomic E-state index is 6.15. The van der Waals surface area contributed by atoms with E-state index in [1.54, 1.807) is 0 Å². The first-order valence-corrected chi connectivity index (χ1v) is 5.88. The van der Waals surface area contributed by atoms with E-state index in [2.05, 4.69) is 39.8 Å². The van der Waals surface area contributed by atoms with Gasteiger partial charge < -0.3 is 10.5 Å². The average Bonchev–Trinajstić information content (AvgIpc) is 2.44. The molecule has 1 aromatic rings. The molecule has 1 aromatic carbocycles. The van der Waals surface area contributed by atoms with Gasteiger partial charge in [-0.15, -0.1) is 0 Å². The Morgan fingerprint density at radius 1 is 1.25 bits per heavy atom. The summed E-state index contributed by atoms with van der Waals surface area (Å²) in [7, 11) is 0. The molecule has 0 spiro atoms. The van der Waals surface area contributed by atoms with Crippen LogP contribution < -0.4 is 10.5 Å². The van der Waals surface area contributed by atoms with Crippen LogP contribution in [0.4, 0.5) is 0 Å². The Morgan fingerprint density at radius 3 is 2.44 bits per heavy atom. The first-order valence-electron chi connectivity index (χ1n) is 5.88. The fourth-order valence-corrected chi connectivity index (χ4v) is 2.15. The van der Waals surface area contributed by atoms with E-state index >= 15 is 0 Å². The molecule has 1 heterocycles. The largest absolute Gasteiger partial charge is 0.488 e. The molecule has 0 bridgehead atoms. The van der Waals surface area contributed by atoms with Crippen LogP contribution in [0.25, 0.3) is 0 Å². The predicted molar refractivity (Wildman–Crippen MR) is 66.9 cm³/mol. The van der Waals surface area contributed by atoms with Crippen molar-refractivity contribution in [3.63, 3.8) is 0 Å². The van der Waals surface area contributed by atoms with Gasteiger partial charge in [0.05, 0.1) is 6.04 Å². The normalized spacial score (nSPS) is 24.1. The molecule has 0 fully saturated rings. The van der Waals surface area contributed by atoms with Gasteiger partial charge in [-0.25, -0.2) is 0 Å². The Labute approximate surface area is 97.8 Å². The van der Waals surface area contributed by atoms with Crippen LogP contribution in [0.5, 0.6) is 5.75 Å². The third kappa shape index (κ3) is 1.71. The molecule has 0 aromatic heterocycles. The van der Waals surface area contributed by atoms with Crippen molar-refractivity contribution in [3.8, 4) is 5.75 Å². The van der Waals surface area contributed by atoms with Crippen molar-refractivity contribution >= 4 is 0 Å². The van der Waals surface area contributed by atoms with Crippen molar-refractivity contribution < 1.29 is 4.74 Å². The summed E-state index contributed by atoms with van der Waals surface area (Å²) in [6.07, 6.45) is 0.0870. The van der Waals surface area contributed by atoms with Gasteiger partial charge in [0.1, 0.15) is 11.9 Å². The highest BCUT2D eigenvalue weighted by molar-refractivity contribution is 5.50. The Bertz CT molecular complexity index is 417. The molecule has 2 atom stereocenters. The standard InChI is InChI=1S/C14H21NO/c1-8-6-10(14(3,4)5)7-11-12(15)9(2)16-13(8)11/h6-7,9,12H,15H2,1-5H3. The molecule has 2 nitrogen and oxygen atoms in total. The molecule has 88 valence electrons. The topological polar surface area (TPSA) is 35.2 Å². The van der Waals surface area contributed by atoms with Gasteiger partial charge in [0, 0.05) is 5.56 Å². The van der Waals surface area contributed by atoms with Gasteiger partial charge in [0.25, 0.3) is 0 Å². The number of benzene rings is 1. The number of aryl methyl sites for hydroxylation is 1. The van der Waals surface area contributed by atoms with Crippen LogP contribution in [0.2, 0.25) is 0 Å². The first kappa shape index (κ1) is 11.5. The minimum absolute atomic E-state index is 0.0102. The van der Waals surface area contributed by atoms with Crippen molar-refractivity contribution in [3.05, 3.63) is 28.8 Å². The summed E-state index contributed by atoms with van der Waals surface area (Å²) in [5.41, 5.74) is 10.00. The summed E-state index contributed by atoms with van der Waals surface area (Å²) in [4.78, 5) is 0. The summed E-state index contributed by atoms with van der Waals surface area (Å²) in [6, 6.07) is 4.43. The van der Waals surface area contributed by atoms with Crippen LogP contribution in [0, 0.1) is 6.92 Å². The highest BCUT2D eigenvalue weighted by Gasteiger charge is 2.31. The molecule has 0 amide bonds. The van der Waals surface area contributed by atoms with Gasteiger partial charge in [-0.2, -0.15) is 0 Å². The molecular weight excluding hydrogens is 198 g/mol. The van der Waals surface area contributed by atoms with E-state index in [-0.39, 0.29) is 17.6 Å². The van der Waals surface area contributed by atoms with Gasteiger partial charge in [-0.1, -0.05) is 26.8 Å². The number of fused-ring (bicyclic) bond motifs is 1. The molecule has 0 aliphatic carbocycles. The van der Waals surface area contributed by atoms with E-state index < -0.39 is 0 Å². The molecule has 16 heavy (non-hydrogen) atoms. The minimum atomic E-state index is 0.0102. The lowest BCUT2D eigenvalue weighted by molar-refractivity contribution is 0.227. The van der Waals surface area contributed by atoms with Gasteiger partial charge >= 0.3 is 0 Å². The monoisotopic (exact) mass is 219 g/mol. The summed E-state index contributed by atoms with van der Waals surface area (Å²) in [5, 5.41) is 0. The Balaban J connectivity index is 2.55. The number of nitrogens with two attached hydrogens (primary N) is 1. The molecule has 2 rings (SSSR count). The first-order chi connectivity index (χ1) is 7.30. The highest BCUT2D eigenvalue weighted by Crippen LogP contribution is 2.40. The van der Waals surface area contributed by atoms with Crippen molar-refractivity contribution in [2.45, 2.75) is 52.2 Å². The van der Waals surface area contributed by atoms with Crippen molar-refractivity contribution in [1.82, 2.24) is 0 Å². The Morgan fingerprint density at radius 2 is 1.88 bits per heavy atom. The van der Waals surface area contributed by atoms with E-state index in [1.165, 1.54) is 11.1 Å². The third-order valence-electron chi connectivity index (χ3n) is 3.34. The SMILES string of the molecule is Cc1cc(C(C)(C)C)cc2c1OC(C)C2N. The molecule has 2 N–H and O–H groups in total. The highest BCUT2D eigenvalue weighted by atomic mass is 16.5. The smallest absolute Gasteiger partial charge is 0.127 e. The van der Waals surface area contributed by atoms with Crippen LogP contribution in [-0.2, 0) is 5.41 Å². The van der Waals surface area contributed by atoms with Crippen molar-refractivity contribution in [1.29, 1.82) is 0 Å². The maximum atomic E-state index is 6.15. The van der Waals surface area contributed by atoms with E-state index in [1.807, 2.05) is 6.92 Å². The van der Waals surface area contributed by atoms with Crippen LogP contribution >= 0.6 is 0 Å². The lowest BCUT2D eigenvalue weighted by Gasteiger charge is -2.21. The van der Waals surface area contributed by atoms with Crippen LogP contribution in [0.1, 0.15) is 50.4 Å². The molecule has 1 aliphatic heterocycles. The molecular formula is C14H21NO. The van der Waals surface area contributed by atoms with E-state index in [4.69, 9.17) is 10.5 Å². The Hall–Kier alpha value is -1.02. The van der Waals surface area contributed by atoms with Gasteiger partial charge in [0.15, 0.2) is 0 Å². The number of hydrogen-bond acceptors (Lipinski definition) is 2. The molecule has 0 saturated heterocycles. The van der Waals surface area contributed by atoms with Gasteiger partial charge in [-0.05, 0) is 36.5 Å². The van der Waals surface area contributed by atoms with Crippen LogP contribution in [-0.4, -0.2) is 6.10 Å². The van der Waals surface area contributed by atoms with E-state index in [0.717, 1.165) is 11.3 Å². The van der Waals surface area contributed by atoms with Crippen molar-refractivity contribution in [2.24, 2.45) is 5.73 Å². The molecule has 2 unspecified atom stereocenters. The molecule has 0 saturated carbocycles. The summed E-state index contributed by atoms with van der Waals surface area (Å²) < 4.78 is 5.79. The summed E-state index contributed by atoms with van der Waals surface area (Å²) >= 11 is 0. The quantitative estimate of drug-likeness (QED) is 0.727. The second kappa shape index (κ2) is 3.49. The lowest BCUT2D eigenvalue weighted by atomic mass is 9.84. The van der Waals surface area contributed by atoms with E-state index in [0.29, 0.717) is 0 Å². The maximum Gasteiger partial charge on any atom is 0.127 e. The third-order valence-corrected chi connectivity index (χ3v) is 3.34. The molecule has 0 radical (unpaired) electrons. The molecule has 1 aliphatic rings. The number of rotatable bonds is 0. The van der Waals surface area contributed by atoms with Crippen LogP contribution in [0.15, 0.2) is 12.1 Å². The van der Waals surface area contributed by atoms with Gasteiger partial charge in [0.2, 0.25) is 0 Å². The fraction of sp³-hybridized carbons (Fsp3) is 0.571. The summed E-state index contributed by atoms with van der Waals surface area (Å²) in [5.74, 6) is 0.994. The second-order valence-electron chi connectivity index (χ2n) is 5.81. The zero-order valence-electron chi connectivity index (χ0n) is 10.8. The lowest BCUT2D eigenvalue weighted by Crippen LogP contribution is -2.21. The zero-order valence-corrected chi connectivity index (χ0v) is 10.8. The Kier molecular flexibility index (Phi) is 2.50. The number of hydrogen-bond donors (Lipinski definition) is 1. The fourth-order valence-electron chi connectivity index (χ4n) is 2.15. The van der Waals surface area contributed by atoms with Crippen LogP contribution in [0.3, 0.4) is 0 Å². The minimum Gasteiger partial charge on any atom is -0.488 e. The number of ether oxygens (including phenoxy) is 1. The van der Waals surface area contributed by atoms with Gasteiger partial charge in [-0.3, -0.25) is 0 Å². The molecule has 2 heteroatoms. The zero-order chi connectivity index (χ0) is 12.1. The summed E-state index contributed by atoms with van der Waals surface area (Å²) in [6.45, 7) is 10.8.